The number of hydrogen-bond acceptors (Lipinski definition) is 1. The fraction of sp³-hybridized carbons (Fsp3) is 0.400. The van der Waals surface area contributed by atoms with Crippen molar-refractivity contribution in [2.75, 3.05) is 0 Å². The van der Waals surface area contributed by atoms with Gasteiger partial charge in [-0.3, -0.25) is 0 Å². The summed E-state index contributed by atoms with van der Waals surface area (Å²) in [7, 11) is 0. The Morgan fingerprint density at radius 2 is 1.64 bits per heavy atom. The average Bonchev–Trinajstić information content (AvgIpc) is 2.08. The van der Waals surface area contributed by atoms with Crippen LogP contribution in [0.25, 0.3) is 0 Å². The van der Waals surface area contributed by atoms with Crippen molar-refractivity contribution in [2.24, 2.45) is 5.92 Å². The summed E-state index contributed by atoms with van der Waals surface area (Å²) in [5.41, 5.74) is 0. The standard InChI is InChI=1S/C10H11F3O/c1-7(2)10(12,13)14-9-5-3-8(11)4-6-9/h3-7H,1-2H3. The van der Waals surface area contributed by atoms with Gasteiger partial charge in [-0.1, -0.05) is 13.8 Å². The number of benzene rings is 1. The van der Waals surface area contributed by atoms with E-state index < -0.39 is 17.8 Å². The van der Waals surface area contributed by atoms with Crippen molar-refractivity contribution in [3.05, 3.63) is 30.1 Å². The molecule has 1 aromatic rings. The maximum absolute atomic E-state index is 13.0. The Labute approximate surface area is 80.5 Å². The molecule has 1 rings (SSSR count). The van der Waals surface area contributed by atoms with E-state index in [9.17, 15) is 13.2 Å². The molecule has 0 aliphatic rings. The second kappa shape index (κ2) is 3.90. The fourth-order valence-electron chi connectivity index (χ4n) is 0.778. The summed E-state index contributed by atoms with van der Waals surface area (Å²) in [4.78, 5) is 0. The minimum atomic E-state index is -3.22. The van der Waals surface area contributed by atoms with E-state index >= 15 is 0 Å². The van der Waals surface area contributed by atoms with Gasteiger partial charge in [0.05, 0.1) is 5.92 Å². The van der Waals surface area contributed by atoms with Crippen molar-refractivity contribution in [3.63, 3.8) is 0 Å². The second-order valence-electron chi connectivity index (χ2n) is 3.27. The molecule has 0 radical (unpaired) electrons. The topological polar surface area (TPSA) is 9.23 Å². The van der Waals surface area contributed by atoms with Gasteiger partial charge in [0, 0.05) is 0 Å². The number of alkyl halides is 2. The lowest BCUT2D eigenvalue weighted by molar-refractivity contribution is -0.207. The molecule has 0 bridgehead atoms. The minimum absolute atomic E-state index is 0.0369. The molecule has 0 heterocycles. The third-order valence-electron chi connectivity index (χ3n) is 1.74. The van der Waals surface area contributed by atoms with Crippen molar-refractivity contribution in [2.45, 2.75) is 20.0 Å². The second-order valence-corrected chi connectivity index (χ2v) is 3.27. The number of halogens is 3. The lowest BCUT2D eigenvalue weighted by Crippen LogP contribution is -2.31. The van der Waals surface area contributed by atoms with E-state index in [1.54, 1.807) is 0 Å². The van der Waals surface area contributed by atoms with Gasteiger partial charge in [-0.2, -0.15) is 8.78 Å². The van der Waals surface area contributed by atoms with Gasteiger partial charge in [-0.15, -0.1) is 0 Å². The Morgan fingerprint density at radius 3 is 2.07 bits per heavy atom. The molecule has 1 nitrogen and oxygen atoms in total. The molecule has 0 amide bonds. The normalized spacial score (nSPS) is 11.9. The zero-order valence-corrected chi connectivity index (χ0v) is 7.93. The zero-order chi connectivity index (χ0) is 10.8. The average molecular weight is 204 g/mol. The van der Waals surface area contributed by atoms with Crippen LogP contribution in [0.5, 0.6) is 5.75 Å². The molecule has 0 unspecified atom stereocenters. The predicted octanol–water partition coefficient (Wildman–Crippen LogP) is 3.45. The lowest BCUT2D eigenvalue weighted by atomic mass is 10.2. The summed E-state index contributed by atoms with van der Waals surface area (Å²) in [6.45, 7) is 2.70. The summed E-state index contributed by atoms with van der Waals surface area (Å²) in [5.74, 6) is -1.44. The zero-order valence-electron chi connectivity index (χ0n) is 7.93. The van der Waals surface area contributed by atoms with Crippen molar-refractivity contribution in [3.8, 4) is 5.75 Å². The Hall–Kier alpha value is -1.19. The highest BCUT2D eigenvalue weighted by molar-refractivity contribution is 5.22. The summed E-state index contributed by atoms with van der Waals surface area (Å²) >= 11 is 0. The molecule has 0 saturated carbocycles. The van der Waals surface area contributed by atoms with Crippen LogP contribution >= 0.6 is 0 Å². The predicted molar refractivity (Wildman–Crippen MR) is 46.8 cm³/mol. The van der Waals surface area contributed by atoms with E-state index in [0.29, 0.717) is 0 Å². The van der Waals surface area contributed by atoms with Crippen LogP contribution < -0.4 is 4.74 Å². The molecule has 0 aliphatic carbocycles. The van der Waals surface area contributed by atoms with Crippen LogP contribution in [0.1, 0.15) is 13.8 Å². The summed E-state index contributed by atoms with van der Waals surface area (Å²) in [5, 5.41) is 0. The van der Waals surface area contributed by atoms with Crippen LogP contribution in [0.2, 0.25) is 0 Å². The van der Waals surface area contributed by atoms with Gasteiger partial charge in [0.25, 0.3) is 0 Å². The highest BCUT2D eigenvalue weighted by atomic mass is 19.3. The van der Waals surface area contributed by atoms with Gasteiger partial charge in [0.15, 0.2) is 0 Å². The van der Waals surface area contributed by atoms with Crippen molar-refractivity contribution in [1.29, 1.82) is 0 Å². The monoisotopic (exact) mass is 204 g/mol. The minimum Gasteiger partial charge on any atom is -0.432 e. The number of ether oxygens (including phenoxy) is 1. The molecule has 0 aromatic heterocycles. The SMILES string of the molecule is CC(C)C(F)(F)Oc1ccc(F)cc1. The summed E-state index contributed by atoms with van der Waals surface area (Å²) < 4.78 is 42.9. The molecule has 0 N–H and O–H groups in total. The molecule has 0 spiro atoms. The third kappa shape index (κ3) is 2.65. The molecule has 4 heteroatoms. The summed E-state index contributed by atoms with van der Waals surface area (Å²) in [6.07, 6.45) is -3.22. The Bertz CT molecular complexity index is 293. The van der Waals surface area contributed by atoms with Gasteiger partial charge in [-0.25, -0.2) is 4.39 Å². The summed E-state index contributed by atoms with van der Waals surface area (Å²) in [6, 6.07) is 4.49. The molecule has 0 saturated heterocycles. The largest absolute Gasteiger partial charge is 0.432 e. The van der Waals surface area contributed by atoms with E-state index in [1.807, 2.05) is 0 Å². The molecular weight excluding hydrogens is 193 g/mol. The van der Waals surface area contributed by atoms with Gasteiger partial charge in [-0.05, 0) is 24.3 Å². The smallest absolute Gasteiger partial charge is 0.400 e. The highest BCUT2D eigenvalue weighted by Gasteiger charge is 2.35. The Morgan fingerprint density at radius 1 is 1.14 bits per heavy atom. The van der Waals surface area contributed by atoms with E-state index in [-0.39, 0.29) is 5.75 Å². The maximum Gasteiger partial charge on any atom is 0.400 e. The molecule has 0 atom stereocenters. The van der Waals surface area contributed by atoms with E-state index in [2.05, 4.69) is 4.74 Å². The molecule has 14 heavy (non-hydrogen) atoms. The van der Waals surface area contributed by atoms with Gasteiger partial charge in [0.2, 0.25) is 0 Å². The van der Waals surface area contributed by atoms with Crippen LogP contribution in [0, 0.1) is 11.7 Å². The lowest BCUT2D eigenvalue weighted by Gasteiger charge is -2.21. The molecular formula is C10H11F3O. The quantitative estimate of drug-likeness (QED) is 0.732. The van der Waals surface area contributed by atoms with E-state index in [4.69, 9.17) is 0 Å². The highest BCUT2D eigenvalue weighted by Crippen LogP contribution is 2.28. The fourth-order valence-corrected chi connectivity index (χ4v) is 0.778. The third-order valence-corrected chi connectivity index (χ3v) is 1.74. The van der Waals surface area contributed by atoms with Crippen molar-refractivity contribution in [1.82, 2.24) is 0 Å². The molecule has 78 valence electrons. The van der Waals surface area contributed by atoms with Crippen molar-refractivity contribution < 1.29 is 17.9 Å². The Kier molecular flexibility index (Phi) is 3.03. The first-order valence-electron chi connectivity index (χ1n) is 4.24. The van der Waals surface area contributed by atoms with E-state index in [0.717, 1.165) is 12.1 Å². The molecule has 1 aromatic carbocycles. The van der Waals surface area contributed by atoms with Crippen LogP contribution in [0.15, 0.2) is 24.3 Å². The van der Waals surface area contributed by atoms with Crippen molar-refractivity contribution >= 4 is 0 Å². The first kappa shape index (κ1) is 10.9. The van der Waals surface area contributed by atoms with Gasteiger partial charge in [0.1, 0.15) is 11.6 Å². The number of hydrogen-bond donors (Lipinski definition) is 0. The van der Waals surface area contributed by atoms with Crippen LogP contribution in [-0.4, -0.2) is 6.11 Å². The van der Waals surface area contributed by atoms with Crippen LogP contribution in [0.3, 0.4) is 0 Å². The van der Waals surface area contributed by atoms with Crippen LogP contribution in [0.4, 0.5) is 13.2 Å². The first-order valence-corrected chi connectivity index (χ1v) is 4.24. The Balaban J connectivity index is 2.74. The van der Waals surface area contributed by atoms with Gasteiger partial charge < -0.3 is 4.74 Å². The molecule has 0 fully saturated rings. The van der Waals surface area contributed by atoms with E-state index in [1.165, 1.54) is 26.0 Å². The van der Waals surface area contributed by atoms with Crippen LogP contribution in [-0.2, 0) is 0 Å². The number of rotatable bonds is 3. The molecule has 0 aliphatic heterocycles. The first-order chi connectivity index (χ1) is 6.42. The maximum atomic E-state index is 13.0. The van der Waals surface area contributed by atoms with Gasteiger partial charge >= 0.3 is 6.11 Å².